The van der Waals surface area contributed by atoms with Crippen LogP contribution < -0.4 is 5.32 Å². The molecule has 1 aromatic carbocycles. The number of nitrogens with one attached hydrogen (secondary N) is 1. The van der Waals surface area contributed by atoms with Crippen molar-refractivity contribution < 1.29 is 9.32 Å². The Morgan fingerprint density at radius 3 is 2.90 bits per heavy atom. The molecular formula is C21H20N6O2. The van der Waals surface area contributed by atoms with Crippen molar-refractivity contribution in [1.82, 2.24) is 24.7 Å². The van der Waals surface area contributed by atoms with Crippen LogP contribution in [-0.4, -0.2) is 30.6 Å². The number of carbonyl (C=O) groups excluding carboxylic acids is 1. The minimum absolute atomic E-state index is 0.111. The number of hydrogen-bond donors (Lipinski definition) is 1. The first-order valence-electron chi connectivity index (χ1n) is 9.77. The molecule has 5 rings (SSSR count). The maximum atomic E-state index is 12.6. The molecule has 0 aliphatic heterocycles. The third-order valence-corrected chi connectivity index (χ3v) is 5.11. The van der Waals surface area contributed by atoms with E-state index in [1.54, 1.807) is 4.40 Å². The lowest BCUT2D eigenvalue weighted by Gasteiger charge is -2.09. The van der Waals surface area contributed by atoms with Crippen molar-refractivity contribution >= 4 is 17.2 Å². The molecule has 146 valence electrons. The van der Waals surface area contributed by atoms with Gasteiger partial charge in [0.2, 0.25) is 5.91 Å². The minimum atomic E-state index is -0.139. The van der Waals surface area contributed by atoms with Crippen molar-refractivity contribution in [2.45, 2.75) is 38.5 Å². The molecule has 1 N–H and O–H groups in total. The van der Waals surface area contributed by atoms with E-state index < -0.39 is 0 Å². The van der Waals surface area contributed by atoms with E-state index in [0.717, 1.165) is 36.3 Å². The van der Waals surface area contributed by atoms with Crippen LogP contribution in [-0.2, 0) is 17.6 Å². The number of anilines is 1. The Balaban J connectivity index is 1.40. The molecule has 0 atom stereocenters. The Hall–Kier alpha value is -3.55. The molecule has 0 saturated heterocycles. The third-order valence-electron chi connectivity index (χ3n) is 5.11. The van der Waals surface area contributed by atoms with E-state index in [9.17, 15) is 4.79 Å². The highest BCUT2D eigenvalue weighted by atomic mass is 16.5. The van der Waals surface area contributed by atoms with E-state index in [2.05, 4.69) is 32.6 Å². The second-order valence-electron chi connectivity index (χ2n) is 7.20. The van der Waals surface area contributed by atoms with Crippen LogP contribution in [0.2, 0.25) is 0 Å². The summed E-state index contributed by atoms with van der Waals surface area (Å²) >= 11 is 0. The summed E-state index contributed by atoms with van der Waals surface area (Å²) in [6.45, 7) is 2.06. The summed E-state index contributed by atoms with van der Waals surface area (Å²) in [4.78, 5) is 17.1. The molecule has 0 radical (unpaired) electrons. The number of aromatic nitrogens is 5. The topological polar surface area (TPSA) is 98.2 Å². The van der Waals surface area contributed by atoms with Gasteiger partial charge in [-0.15, -0.1) is 10.2 Å². The molecule has 4 aromatic rings. The lowest BCUT2D eigenvalue weighted by Crippen LogP contribution is -2.17. The molecule has 29 heavy (non-hydrogen) atoms. The monoisotopic (exact) mass is 388 g/mol. The van der Waals surface area contributed by atoms with Crippen molar-refractivity contribution in [2.75, 3.05) is 5.32 Å². The van der Waals surface area contributed by atoms with Crippen LogP contribution in [0.1, 0.15) is 42.9 Å². The summed E-state index contributed by atoms with van der Waals surface area (Å²) in [7, 11) is 0. The first-order chi connectivity index (χ1) is 14.2. The van der Waals surface area contributed by atoms with Gasteiger partial charge < -0.3 is 9.84 Å². The Kier molecular flexibility index (Phi) is 4.31. The zero-order valence-corrected chi connectivity index (χ0v) is 16.0. The Bertz CT molecular complexity index is 1190. The number of fused-ring (bicyclic) bond motifs is 1. The highest BCUT2D eigenvalue weighted by molar-refractivity contribution is 5.92. The largest absolute Gasteiger partial charge is 0.334 e. The van der Waals surface area contributed by atoms with Crippen LogP contribution in [0.3, 0.4) is 0 Å². The highest BCUT2D eigenvalue weighted by Gasteiger charge is 2.29. The molecule has 3 heterocycles. The van der Waals surface area contributed by atoms with Gasteiger partial charge in [0.1, 0.15) is 5.82 Å². The van der Waals surface area contributed by atoms with Crippen molar-refractivity contribution in [3.63, 3.8) is 0 Å². The van der Waals surface area contributed by atoms with Crippen LogP contribution in [0, 0.1) is 0 Å². The number of rotatable bonds is 6. The van der Waals surface area contributed by atoms with Gasteiger partial charge in [0.15, 0.2) is 11.5 Å². The number of hydrogen-bond acceptors (Lipinski definition) is 6. The van der Waals surface area contributed by atoms with Crippen LogP contribution in [0.5, 0.6) is 0 Å². The van der Waals surface area contributed by atoms with Gasteiger partial charge in [-0.1, -0.05) is 30.3 Å². The molecule has 1 saturated carbocycles. The van der Waals surface area contributed by atoms with E-state index in [1.165, 1.54) is 0 Å². The van der Waals surface area contributed by atoms with Crippen molar-refractivity contribution in [1.29, 1.82) is 0 Å². The van der Waals surface area contributed by atoms with Crippen molar-refractivity contribution in [3.8, 4) is 11.5 Å². The average Bonchev–Trinajstić information content (AvgIpc) is 3.33. The Labute approximate surface area is 167 Å². The number of pyridine rings is 1. The third kappa shape index (κ3) is 3.37. The number of para-hydroxylation sites is 1. The van der Waals surface area contributed by atoms with Crippen LogP contribution in [0.4, 0.5) is 5.69 Å². The predicted octanol–water partition coefficient (Wildman–Crippen LogP) is 3.40. The van der Waals surface area contributed by atoms with Gasteiger partial charge in [-0.2, -0.15) is 4.98 Å². The van der Waals surface area contributed by atoms with Crippen molar-refractivity contribution in [3.05, 3.63) is 59.8 Å². The van der Waals surface area contributed by atoms with Gasteiger partial charge in [0, 0.05) is 17.8 Å². The number of amides is 1. The quantitative estimate of drug-likeness (QED) is 0.544. The lowest BCUT2D eigenvalue weighted by atomic mass is 10.1. The summed E-state index contributed by atoms with van der Waals surface area (Å²) < 4.78 is 7.23. The van der Waals surface area contributed by atoms with E-state index in [-0.39, 0.29) is 12.3 Å². The van der Waals surface area contributed by atoms with Crippen LogP contribution in [0.25, 0.3) is 17.1 Å². The standard InChI is InChI=1S/C21H20N6O2/c1-2-13-6-3-4-8-16(13)22-18(28)12-17-24-25-20-15(7-5-11-27(17)20)21-23-19(26-29-21)14-9-10-14/h3-8,11,14H,2,9-10,12H2,1H3,(H,22,28). The van der Waals surface area contributed by atoms with Gasteiger partial charge in [0.05, 0.1) is 12.0 Å². The molecule has 1 aliphatic rings. The number of nitrogens with zero attached hydrogens (tertiary/aromatic N) is 5. The summed E-state index contributed by atoms with van der Waals surface area (Å²) in [6.07, 6.45) is 5.00. The molecule has 8 nitrogen and oxygen atoms in total. The smallest absolute Gasteiger partial charge is 0.261 e. The van der Waals surface area contributed by atoms with Crippen molar-refractivity contribution in [2.24, 2.45) is 0 Å². The molecular weight excluding hydrogens is 368 g/mol. The fourth-order valence-electron chi connectivity index (χ4n) is 3.39. The summed E-state index contributed by atoms with van der Waals surface area (Å²) in [6, 6.07) is 11.5. The molecule has 0 spiro atoms. The molecule has 1 fully saturated rings. The molecule has 1 aliphatic carbocycles. The van der Waals surface area contributed by atoms with Gasteiger partial charge in [-0.3, -0.25) is 9.20 Å². The first-order valence-corrected chi connectivity index (χ1v) is 9.77. The second kappa shape index (κ2) is 7.12. The maximum Gasteiger partial charge on any atom is 0.261 e. The lowest BCUT2D eigenvalue weighted by molar-refractivity contribution is -0.115. The van der Waals surface area contributed by atoms with Crippen LogP contribution in [0.15, 0.2) is 47.1 Å². The van der Waals surface area contributed by atoms with E-state index in [1.807, 2.05) is 42.6 Å². The molecule has 1 amide bonds. The minimum Gasteiger partial charge on any atom is -0.334 e. The van der Waals surface area contributed by atoms with Gasteiger partial charge >= 0.3 is 0 Å². The predicted molar refractivity (Wildman–Crippen MR) is 106 cm³/mol. The number of benzene rings is 1. The van der Waals surface area contributed by atoms with E-state index in [4.69, 9.17) is 4.52 Å². The Morgan fingerprint density at radius 2 is 2.07 bits per heavy atom. The first kappa shape index (κ1) is 17.5. The second-order valence-corrected chi connectivity index (χ2v) is 7.20. The van der Waals surface area contributed by atoms with Gasteiger partial charge in [-0.25, -0.2) is 0 Å². The fourth-order valence-corrected chi connectivity index (χ4v) is 3.39. The Morgan fingerprint density at radius 1 is 1.21 bits per heavy atom. The zero-order chi connectivity index (χ0) is 19.8. The molecule has 0 unspecified atom stereocenters. The number of aryl methyl sites for hydroxylation is 1. The van der Waals surface area contributed by atoms with Crippen LogP contribution >= 0.6 is 0 Å². The zero-order valence-electron chi connectivity index (χ0n) is 16.0. The number of carbonyl (C=O) groups is 1. The molecule has 8 heteroatoms. The normalized spacial score (nSPS) is 13.7. The molecule has 3 aromatic heterocycles. The average molecular weight is 388 g/mol. The summed E-state index contributed by atoms with van der Waals surface area (Å²) in [5.74, 6) is 2.00. The maximum absolute atomic E-state index is 12.6. The van der Waals surface area contributed by atoms with Gasteiger partial charge in [0.25, 0.3) is 5.89 Å². The highest BCUT2D eigenvalue weighted by Crippen LogP contribution is 2.39. The van der Waals surface area contributed by atoms with E-state index >= 15 is 0 Å². The molecule has 0 bridgehead atoms. The summed E-state index contributed by atoms with van der Waals surface area (Å²) in [5, 5.41) is 15.5. The SMILES string of the molecule is CCc1ccccc1NC(=O)Cc1nnc2c(-c3nc(C4CC4)no3)cccn12. The van der Waals surface area contributed by atoms with E-state index in [0.29, 0.717) is 28.8 Å². The summed E-state index contributed by atoms with van der Waals surface area (Å²) in [5.41, 5.74) is 3.22. The van der Waals surface area contributed by atoms with Gasteiger partial charge in [-0.05, 0) is 43.0 Å². The fraction of sp³-hybridized carbons (Fsp3) is 0.286.